The molecule has 7 nitrogen and oxygen atoms in total. The summed E-state index contributed by atoms with van der Waals surface area (Å²) in [6.45, 7) is 3.76. The first kappa shape index (κ1) is 20.6. The molecule has 1 aromatic carbocycles. The third-order valence-corrected chi connectivity index (χ3v) is 5.71. The zero-order chi connectivity index (χ0) is 21.2. The molecular formula is C21H21NO6S. The van der Waals surface area contributed by atoms with Gasteiger partial charge in [0.25, 0.3) is 0 Å². The number of sulfone groups is 1. The molecule has 0 aliphatic heterocycles. The molecule has 0 fully saturated rings. The summed E-state index contributed by atoms with van der Waals surface area (Å²) in [5.74, 6) is -0.326. The van der Waals surface area contributed by atoms with Crippen molar-refractivity contribution >= 4 is 21.6 Å². The Morgan fingerprint density at radius 1 is 1.10 bits per heavy atom. The van der Waals surface area contributed by atoms with Crippen LogP contribution in [0.25, 0.3) is 0 Å². The third kappa shape index (κ3) is 4.65. The van der Waals surface area contributed by atoms with Crippen LogP contribution in [0, 0.1) is 13.8 Å². The number of aromatic nitrogens is 1. The Kier molecular flexibility index (Phi) is 5.74. The Bertz CT molecular complexity index is 1160. The normalized spacial score (nSPS) is 11.4. The Balaban J connectivity index is 1.70. The quantitative estimate of drug-likeness (QED) is 0.434. The number of esters is 1. The topological polar surface area (TPSA) is 95.6 Å². The van der Waals surface area contributed by atoms with Crippen molar-refractivity contribution in [3.63, 3.8) is 0 Å². The number of hydrogen-bond donors (Lipinski definition) is 0. The van der Waals surface area contributed by atoms with E-state index in [4.69, 9.17) is 9.15 Å². The third-order valence-electron chi connectivity index (χ3n) is 4.60. The molecule has 0 N–H and O–H groups in total. The van der Waals surface area contributed by atoms with Crippen LogP contribution < -0.4 is 0 Å². The standard InChI is InChI=1S/C21H21NO6S/c1-14-10-19(15(2)22(14)12-17-7-5-9-27-17)20(23)13-28-21(24)16-6-4-8-18(11-16)29(3,25)26/h4-11H,12-13H2,1-3H3. The SMILES string of the molecule is Cc1cc(C(=O)COC(=O)c2cccc(S(C)(=O)=O)c2)c(C)n1Cc1ccco1. The van der Waals surface area contributed by atoms with Crippen molar-refractivity contribution in [3.05, 3.63) is 77.0 Å². The minimum atomic E-state index is -3.45. The van der Waals surface area contributed by atoms with Crippen LogP contribution in [0.15, 0.2) is 58.0 Å². The fourth-order valence-corrected chi connectivity index (χ4v) is 3.70. The molecule has 0 saturated heterocycles. The molecule has 2 heterocycles. The van der Waals surface area contributed by atoms with Gasteiger partial charge in [-0.15, -0.1) is 0 Å². The number of carbonyl (C=O) groups is 2. The van der Waals surface area contributed by atoms with Crippen LogP contribution >= 0.6 is 0 Å². The summed E-state index contributed by atoms with van der Waals surface area (Å²) in [6.07, 6.45) is 2.65. The van der Waals surface area contributed by atoms with Crippen molar-refractivity contribution in [2.45, 2.75) is 25.3 Å². The second-order valence-electron chi connectivity index (χ2n) is 6.75. The predicted octanol–water partition coefficient (Wildman–Crippen LogP) is 3.19. The van der Waals surface area contributed by atoms with Crippen molar-refractivity contribution in [1.29, 1.82) is 0 Å². The molecule has 3 aromatic rings. The molecular weight excluding hydrogens is 394 g/mol. The maximum absolute atomic E-state index is 12.6. The van der Waals surface area contributed by atoms with E-state index in [-0.39, 0.29) is 16.2 Å². The molecule has 0 atom stereocenters. The molecule has 0 bridgehead atoms. The molecule has 2 aromatic heterocycles. The first-order valence-corrected chi connectivity index (χ1v) is 10.8. The van der Waals surface area contributed by atoms with E-state index in [0.717, 1.165) is 23.4 Å². The second kappa shape index (κ2) is 8.08. The van der Waals surface area contributed by atoms with Gasteiger partial charge in [-0.3, -0.25) is 4.79 Å². The van der Waals surface area contributed by atoms with E-state index in [1.807, 2.05) is 24.5 Å². The highest BCUT2D eigenvalue weighted by molar-refractivity contribution is 7.90. The van der Waals surface area contributed by atoms with Gasteiger partial charge >= 0.3 is 5.97 Å². The largest absolute Gasteiger partial charge is 0.467 e. The molecule has 152 valence electrons. The number of Topliss-reactive ketones (excluding diaryl/α,β-unsaturated/α-hetero) is 1. The van der Waals surface area contributed by atoms with E-state index in [9.17, 15) is 18.0 Å². The smallest absolute Gasteiger partial charge is 0.338 e. The Labute approximate surface area is 168 Å². The predicted molar refractivity (Wildman–Crippen MR) is 106 cm³/mol. The van der Waals surface area contributed by atoms with Gasteiger partial charge in [-0.1, -0.05) is 6.07 Å². The second-order valence-corrected chi connectivity index (χ2v) is 8.77. The number of nitrogens with zero attached hydrogens (tertiary/aromatic N) is 1. The number of rotatable bonds is 7. The van der Waals surface area contributed by atoms with Crippen molar-refractivity contribution in [1.82, 2.24) is 4.57 Å². The van der Waals surface area contributed by atoms with Gasteiger partial charge in [0.15, 0.2) is 16.4 Å². The van der Waals surface area contributed by atoms with Crippen molar-refractivity contribution in [2.75, 3.05) is 12.9 Å². The number of aryl methyl sites for hydroxylation is 1. The van der Waals surface area contributed by atoms with Gasteiger partial charge in [0.05, 0.1) is 23.3 Å². The van der Waals surface area contributed by atoms with E-state index in [1.54, 1.807) is 18.4 Å². The highest BCUT2D eigenvalue weighted by atomic mass is 32.2. The van der Waals surface area contributed by atoms with Gasteiger partial charge in [0, 0.05) is 23.2 Å². The number of ketones is 1. The average molecular weight is 415 g/mol. The molecule has 0 spiro atoms. The summed E-state index contributed by atoms with van der Waals surface area (Å²) in [5, 5.41) is 0. The van der Waals surface area contributed by atoms with Gasteiger partial charge in [0.1, 0.15) is 5.76 Å². The number of hydrogen-bond acceptors (Lipinski definition) is 6. The van der Waals surface area contributed by atoms with Crippen LogP contribution in [0.2, 0.25) is 0 Å². The number of furan rings is 1. The first-order chi connectivity index (χ1) is 13.7. The number of benzene rings is 1. The van der Waals surface area contributed by atoms with Gasteiger partial charge in [-0.25, -0.2) is 13.2 Å². The van der Waals surface area contributed by atoms with Crippen molar-refractivity contribution in [3.8, 4) is 0 Å². The highest BCUT2D eigenvalue weighted by Gasteiger charge is 2.19. The minimum Gasteiger partial charge on any atom is -0.467 e. The first-order valence-electron chi connectivity index (χ1n) is 8.86. The molecule has 3 rings (SSSR count). The summed E-state index contributed by atoms with van der Waals surface area (Å²) in [5.41, 5.74) is 2.17. The molecule has 0 amide bonds. The van der Waals surface area contributed by atoms with Gasteiger partial charge < -0.3 is 13.7 Å². The fraction of sp³-hybridized carbons (Fsp3) is 0.238. The van der Waals surface area contributed by atoms with Crippen molar-refractivity contribution in [2.24, 2.45) is 0 Å². The Morgan fingerprint density at radius 2 is 1.86 bits per heavy atom. The zero-order valence-electron chi connectivity index (χ0n) is 16.3. The minimum absolute atomic E-state index is 0.0137. The lowest BCUT2D eigenvalue weighted by molar-refractivity contribution is 0.0474. The molecule has 0 unspecified atom stereocenters. The number of carbonyl (C=O) groups excluding carboxylic acids is 2. The van der Waals surface area contributed by atoms with Crippen LogP contribution in [-0.2, 0) is 21.1 Å². The number of ether oxygens (including phenoxy) is 1. The van der Waals surface area contributed by atoms with E-state index in [0.29, 0.717) is 12.1 Å². The summed E-state index contributed by atoms with van der Waals surface area (Å²) in [7, 11) is -3.45. The van der Waals surface area contributed by atoms with E-state index < -0.39 is 22.4 Å². The van der Waals surface area contributed by atoms with E-state index in [2.05, 4.69) is 0 Å². The highest BCUT2D eigenvalue weighted by Crippen LogP contribution is 2.19. The zero-order valence-corrected chi connectivity index (χ0v) is 17.2. The van der Waals surface area contributed by atoms with E-state index >= 15 is 0 Å². The summed E-state index contributed by atoms with van der Waals surface area (Å²) < 4.78 is 35.7. The molecule has 0 aliphatic rings. The lowest BCUT2D eigenvalue weighted by Crippen LogP contribution is -2.15. The Hall–Kier alpha value is -3.13. The lowest BCUT2D eigenvalue weighted by Gasteiger charge is -2.08. The van der Waals surface area contributed by atoms with Crippen LogP contribution in [-0.4, -0.2) is 37.6 Å². The maximum atomic E-state index is 12.6. The van der Waals surface area contributed by atoms with Gasteiger partial charge in [-0.2, -0.15) is 0 Å². The van der Waals surface area contributed by atoms with Gasteiger partial charge in [0.2, 0.25) is 5.78 Å². The van der Waals surface area contributed by atoms with Crippen LogP contribution in [0.5, 0.6) is 0 Å². The molecule has 29 heavy (non-hydrogen) atoms. The van der Waals surface area contributed by atoms with E-state index in [1.165, 1.54) is 24.3 Å². The summed E-state index contributed by atoms with van der Waals surface area (Å²) >= 11 is 0. The average Bonchev–Trinajstić information content (AvgIpc) is 3.29. The van der Waals surface area contributed by atoms with Crippen LogP contribution in [0.4, 0.5) is 0 Å². The molecule has 8 heteroatoms. The Morgan fingerprint density at radius 3 is 2.52 bits per heavy atom. The van der Waals surface area contributed by atoms with Gasteiger partial charge in [-0.05, 0) is 50.2 Å². The lowest BCUT2D eigenvalue weighted by atomic mass is 10.1. The summed E-state index contributed by atoms with van der Waals surface area (Å²) in [6, 6.07) is 10.9. The monoisotopic (exact) mass is 415 g/mol. The molecule has 0 radical (unpaired) electrons. The maximum Gasteiger partial charge on any atom is 0.338 e. The van der Waals surface area contributed by atoms with Crippen molar-refractivity contribution < 1.29 is 27.2 Å². The summed E-state index contributed by atoms with van der Waals surface area (Å²) in [4.78, 5) is 24.8. The van der Waals surface area contributed by atoms with Crippen LogP contribution in [0.3, 0.4) is 0 Å². The molecule has 0 aliphatic carbocycles. The fourth-order valence-electron chi connectivity index (χ4n) is 3.03. The van der Waals surface area contributed by atoms with Crippen LogP contribution in [0.1, 0.15) is 37.9 Å². The molecule has 0 saturated carbocycles.